The summed E-state index contributed by atoms with van der Waals surface area (Å²) in [4.78, 5) is 79.9. The van der Waals surface area contributed by atoms with E-state index in [0.29, 0.717) is 23.1 Å². The number of carbonyl (C=O) groups is 6. The third kappa shape index (κ3) is 12.5. The Labute approximate surface area is 321 Å². The first-order valence-electron chi connectivity index (χ1n) is 17.9. The number of esters is 1. The maximum absolute atomic E-state index is 13.9. The van der Waals surface area contributed by atoms with Crippen molar-refractivity contribution in [2.24, 2.45) is 5.92 Å². The van der Waals surface area contributed by atoms with Gasteiger partial charge in [-0.05, 0) is 76.6 Å². The third-order valence-corrected chi connectivity index (χ3v) is 9.34. The van der Waals surface area contributed by atoms with Crippen LogP contribution in [0.1, 0.15) is 85.8 Å². The average molecular weight is 771 g/mol. The molecule has 2 aromatic carbocycles. The summed E-state index contributed by atoms with van der Waals surface area (Å²) >= 11 is 0.663. The van der Waals surface area contributed by atoms with Gasteiger partial charge in [0.1, 0.15) is 29.9 Å². The Morgan fingerprint density at radius 1 is 0.815 bits per heavy atom. The molecule has 1 unspecified atom stereocenters. The van der Waals surface area contributed by atoms with Gasteiger partial charge in [-0.25, -0.2) is 19.2 Å². The standard InChI is InChI=1S/C39H54N4O10S/c1-11-23(2)32(34(46)50-10)42-33(45)30(43(36(48)52-38(4,5)6)37(49)53-39(7,8)9)22-54-31(44)20-40-24(3)41-35(47)51-21-29-27-18-14-12-16-25(27)26-17-13-15-19-28(26)29/h12-19,23-24,29-30,32,40H,11,20-22H2,1-10H3,(H,41,47)(H,42,45)/t23-,24-,30?,32-/m0/s1. The molecule has 0 radical (unpaired) electrons. The Hall–Kier alpha value is -4.63. The predicted octanol–water partition coefficient (Wildman–Crippen LogP) is 5.97. The van der Waals surface area contributed by atoms with E-state index in [1.54, 1.807) is 55.4 Å². The first kappa shape index (κ1) is 43.8. The van der Waals surface area contributed by atoms with Gasteiger partial charge in [0.15, 0.2) is 0 Å². The van der Waals surface area contributed by atoms with Crippen LogP contribution in [0.2, 0.25) is 0 Å². The fourth-order valence-corrected chi connectivity index (χ4v) is 6.42. The van der Waals surface area contributed by atoms with Gasteiger partial charge in [-0.1, -0.05) is 80.6 Å². The quantitative estimate of drug-likeness (QED) is 0.117. The highest BCUT2D eigenvalue weighted by Crippen LogP contribution is 2.44. The molecule has 0 aliphatic heterocycles. The van der Waals surface area contributed by atoms with Crippen LogP contribution < -0.4 is 16.0 Å². The molecule has 54 heavy (non-hydrogen) atoms. The summed E-state index contributed by atoms with van der Waals surface area (Å²) < 4.78 is 21.4. The topological polar surface area (TPSA) is 179 Å². The molecule has 2 aromatic rings. The molecule has 0 heterocycles. The Bertz CT molecular complexity index is 1600. The number of nitrogens with zero attached hydrogens (tertiary/aromatic N) is 1. The van der Waals surface area contributed by atoms with Crippen LogP contribution in [0, 0.1) is 5.92 Å². The van der Waals surface area contributed by atoms with E-state index in [1.165, 1.54) is 7.11 Å². The van der Waals surface area contributed by atoms with E-state index in [1.807, 2.05) is 55.5 Å². The van der Waals surface area contributed by atoms with Crippen LogP contribution in [0.25, 0.3) is 11.1 Å². The van der Waals surface area contributed by atoms with Crippen molar-refractivity contribution in [3.05, 3.63) is 59.7 Å². The highest BCUT2D eigenvalue weighted by Gasteiger charge is 2.42. The molecule has 15 heteroatoms. The smallest absolute Gasteiger partial charge is 0.420 e. The minimum atomic E-state index is -1.64. The second-order valence-corrected chi connectivity index (χ2v) is 16.1. The van der Waals surface area contributed by atoms with Crippen LogP contribution in [0.3, 0.4) is 0 Å². The summed E-state index contributed by atoms with van der Waals surface area (Å²) in [5.74, 6) is -2.52. The predicted molar refractivity (Wildman–Crippen MR) is 205 cm³/mol. The van der Waals surface area contributed by atoms with Gasteiger partial charge in [0.2, 0.25) is 11.0 Å². The fraction of sp³-hybridized carbons (Fsp3) is 0.538. The molecule has 4 amide bonds. The highest BCUT2D eigenvalue weighted by atomic mass is 32.2. The normalized spacial score (nSPS) is 14.6. The minimum absolute atomic E-state index is 0.116. The molecule has 0 bridgehead atoms. The van der Waals surface area contributed by atoms with E-state index >= 15 is 0 Å². The molecular weight excluding hydrogens is 717 g/mol. The van der Waals surface area contributed by atoms with Gasteiger partial charge in [0.25, 0.3) is 0 Å². The average Bonchev–Trinajstić information content (AvgIpc) is 3.41. The molecule has 1 aliphatic carbocycles. The number of alkyl carbamates (subject to hydrolysis) is 1. The van der Waals surface area contributed by atoms with Gasteiger partial charge >= 0.3 is 24.2 Å². The Kier molecular flexibility index (Phi) is 15.5. The second kappa shape index (κ2) is 19.1. The van der Waals surface area contributed by atoms with Gasteiger partial charge in [0, 0.05) is 11.7 Å². The van der Waals surface area contributed by atoms with E-state index in [9.17, 15) is 28.8 Å². The number of methoxy groups -OCH3 is 1. The van der Waals surface area contributed by atoms with Gasteiger partial charge in [0.05, 0.1) is 19.8 Å². The number of benzene rings is 2. The lowest BCUT2D eigenvalue weighted by Crippen LogP contribution is -2.58. The molecule has 296 valence electrons. The molecule has 0 aromatic heterocycles. The van der Waals surface area contributed by atoms with Gasteiger partial charge in [-0.15, -0.1) is 0 Å². The van der Waals surface area contributed by atoms with Crippen molar-refractivity contribution in [1.29, 1.82) is 0 Å². The number of imide groups is 1. The van der Waals surface area contributed by atoms with Crippen molar-refractivity contribution in [3.8, 4) is 11.1 Å². The van der Waals surface area contributed by atoms with E-state index < -0.39 is 70.5 Å². The number of thioether (sulfide) groups is 1. The number of rotatable bonds is 14. The van der Waals surface area contributed by atoms with Crippen molar-refractivity contribution < 1.29 is 47.7 Å². The first-order valence-corrected chi connectivity index (χ1v) is 18.9. The summed E-state index contributed by atoms with van der Waals surface area (Å²) in [5, 5.41) is 7.68. The molecule has 3 N–H and O–H groups in total. The number of nitrogens with one attached hydrogen (secondary N) is 3. The number of fused-ring (bicyclic) bond motifs is 3. The summed E-state index contributed by atoms with van der Waals surface area (Å²) in [6.45, 7) is 14.6. The molecule has 0 fully saturated rings. The zero-order valence-corrected chi connectivity index (χ0v) is 33.6. The lowest BCUT2D eigenvalue weighted by molar-refractivity contribution is -0.147. The summed E-state index contributed by atoms with van der Waals surface area (Å²) in [7, 11) is 1.18. The van der Waals surface area contributed by atoms with Gasteiger partial charge in [-0.2, -0.15) is 4.90 Å². The molecule has 1 aliphatic rings. The van der Waals surface area contributed by atoms with Crippen molar-refractivity contribution in [2.75, 3.05) is 26.0 Å². The van der Waals surface area contributed by atoms with Crippen molar-refractivity contribution in [3.63, 3.8) is 0 Å². The Balaban J connectivity index is 1.69. The number of carbonyl (C=O) groups excluding carboxylic acids is 6. The second-order valence-electron chi connectivity index (χ2n) is 15.0. The van der Waals surface area contributed by atoms with Crippen molar-refractivity contribution in [2.45, 2.75) is 104 Å². The van der Waals surface area contributed by atoms with Crippen LogP contribution in [-0.2, 0) is 33.3 Å². The monoisotopic (exact) mass is 770 g/mol. The van der Waals surface area contributed by atoms with E-state index in [2.05, 4.69) is 16.0 Å². The number of ether oxygens (including phenoxy) is 4. The van der Waals surface area contributed by atoms with E-state index in [4.69, 9.17) is 18.9 Å². The highest BCUT2D eigenvalue weighted by molar-refractivity contribution is 8.13. The molecular formula is C39H54N4O10S. The lowest BCUT2D eigenvalue weighted by Gasteiger charge is -2.33. The van der Waals surface area contributed by atoms with E-state index in [0.717, 1.165) is 22.3 Å². The van der Waals surface area contributed by atoms with Crippen LogP contribution >= 0.6 is 11.8 Å². The Morgan fingerprint density at radius 3 is 1.81 bits per heavy atom. The molecule has 0 saturated carbocycles. The SMILES string of the molecule is CC[C@H](C)[C@H](NC(=O)C(CSC(=O)CN[C@H](C)NC(=O)OCC1c2ccccc2-c2ccccc21)N(C(=O)OC(C)(C)C)C(=O)OC(C)(C)C)C(=O)OC. The number of hydrogen-bond donors (Lipinski definition) is 3. The number of amides is 4. The van der Waals surface area contributed by atoms with Crippen LogP contribution in [0.5, 0.6) is 0 Å². The zero-order valence-electron chi connectivity index (χ0n) is 32.8. The van der Waals surface area contributed by atoms with Crippen LogP contribution in [-0.4, -0.2) is 95.6 Å². The van der Waals surface area contributed by atoms with Crippen LogP contribution in [0.15, 0.2) is 48.5 Å². The fourth-order valence-electron chi connectivity index (χ4n) is 5.59. The maximum Gasteiger partial charge on any atom is 0.420 e. The zero-order chi connectivity index (χ0) is 40.4. The third-order valence-electron chi connectivity index (χ3n) is 8.39. The maximum atomic E-state index is 13.9. The van der Waals surface area contributed by atoms with Crippen molar-refractivity contribution >= 4 is 47.0 Å². The first-order chi connectivity index (χ1) is 25.3. The minimum Gasteiger partial charge on any atom is -0.467 e. The largest absolute Gasteiger partial charge is 0.467 e. The molecule has 0 saturated heterocycles. The van der Waals surface area contributed by atoms with Gasteiger partial charge < -0.3 is 29.6 Å². The van der Waals surface area contributed by atoms with Gasteiger partial charge in [-0.3, -0.25) is 14.9 Å². The molecule has 4 atom stereocenters. The van der Waals surface area contributed by atoms with Crippen molar-refractivity contribution in [1.82, 2.24) is 20.9 Å². The molecule has 0 spiro atoms. The summed E-state index contributed by atoms with van der Waals surface area (Å²) in [5.41, 5.74) is 2.23. The summed E-state index contributed by atoms with van der Waals surface area (Å²) in [6.07, 6.45) is -3.24. The lowest BCUT2D eigenvalue weighted by atomic mass is 9.98. The molecule has 3 rings (SSSR count). The van der Waals surface area contributed by atoms with E-state index in [-0.39, 0.29) is 25.0 Å². The molecule has 14 nitrogen and oxygen atoms in total. The Morgan fingerprint density at radius 2 is 1.33 bits per heavy atom. The summed E-state index contributed by atoms with van der Waals surface area (Å²) in [6, 6.07) is 13.2. The van der Waals surface area contributed by atoms with Crippen LogP contribution in [0.4, 0.5) is 14.4 Å². The number of hydrogen-bond acceptors (Lipinski definition) is 12.